The number of nitrogens with zero attached hydrogens (tertiary/aromatic N) is 1. The lowest BCUT2D eigenvalue weighted by atomic mass is 10.1. The van der Waals surface area contributed by atoms with Gasteiger partial charge >= 0.3 is 5.63 Å². The van der Waals surface area contributed by atoms with Gasteiger partial charge in [0.1, 0.15) is 11.1 Å². The molecule has 2 rings (SSSR count). The summed E-state index contributed by atoms with van der Waals surface area (Å²) in [4.78, 5) is 25.6. The first-order chi connectivity index (χ1) is 9.60. The Labute approximate surface area is 142 Å². The quantitative estimate of drug-likeness (QED) is 0.421. The van der Waals surface area contributed by atoms with Gasteiger partial charge < -0.3 is 9.32 Å². The molecule has 0 aliphatic heterocycles. The Kier molecular flexibility index (Phi) is 6.61. The Morgan fingerprint density at radius 2 is 1.90 bits per heavy atom. The van der Waals surface area contributed by atoms with E-state index in [0.29, 0.717) is 5.58 Å². The maximum absolute atomic E-state index is 11.8. The zero-order valence-corrected chi connectivity index (χ0v) is 15.2. The van der Waals surface area contributed by atoms with Crippen LogP contribution in [-0.2, 0) is 0 Å². The Morgan fingerprint density at radius 1 is 1.24 bits per heavy atom. The number of benzene rings is 1. The summed E-state index contributed by atoms with van der Waals surface area (Å²) in [5, 5.41) is 0.866. The first-order valence-electron chi connectivity index (χ1n) is 6.52. The van der Waals surface area contributed by atoms with Crippen molar-refractivity contribution in [1.29, 1.82) is 0 Å². The first kappa shape index (κ1) is 17.9. The number of alkyl halides is 1. The molecule has 2 aromatic rings. The molecular formula is C15H17Br2NO3. The highest BCUT2D eigenvalue weighted by atomic mass is 79.9. The van der Waals surface area contributed by atoms with Gasteiger partial charge in [0.25, 0.3) is 0 Å². The minimum atomic E-state index is -0.585. The van der Waals surface area contributed by atoms with E-state index in [1.165, 1.54) is 0 Å². The molecule has 0 atom stereocenters. The maximum atomic E-state index is 11.8. The van der Waals surface area contributed by atoms with Crippen molar-refractivity contribution in [3.8, 4) is 0 Å². The van der Waals surface area contributed by atoms with E-state index in [0.717, 1.165) is 24.2 Å². The third kappa shape index (κ3) is 3.74. The molecular weight excluding hydrogens is 402 g/mol. The number of carbonyl (C=O) groups excluding carboxylic acids is 1. The fourth-order valence-corrected chi connectivity index (χ4v) is 2.45. The van der Waals surface area contributed by atoms with Crippen molar-refractivity contribution in [3.63, 3.8) is 0 Å². The van der Waals surface area contributed by atoms with Gasteiger partial charge in [-0.3, -0.25) is 4.79 Å². The molecule has 4 nitrogen and oxygen atoms in total. The monoisotopic (exact) mass is 417 g/mol. The van der Waals surface area contributed by atoms with Gasteiger partial charge in [0.15, 0.2) is 5.78 Å². The fourth-order valence-electron chi connectivity index (χ4n) is 2.15. The van der Waals surface area contributed by atoms with Crippen molar-refractivity contribution in [1.82, 2.24) is 0 Å². The number of anilines is 1. The number of ketones is 1. The molecule has 1 heterocycles. The number of halogens is 2. The van der Waals surface area contributed by atoms with Crippen LogP contribution in [0.15, 0.2) is 33.5 Å². The smallest absolute Gasteiger partial charge is 0.347 e. The van der Waals surface area contributed by atoms with Crippen molar-refractivity contribution in [2.24, 2.45) is 0 Å². The summed E-state index contributed by atoms with van der Waals surface area (Å²) in [6, 6.07) is 7.28. The summed E-state index contributed by atoms with van der Waals surface area (Å²) in [6.07, 6.45) is 0. The van der Waals surface area contributed by atoms with Crippen molar-refractivity contribution >= 4 is 55.4 Å². The number of hydrogen-bond acceptors (Lipinski definition) is 4. The van der Waals surface area contributed by atoms with Crippen LogP contribution in [0.5, 0.6) is 0 Å². The highest BCUT2D eigenvalue weighted by molar-refractivity contribution is 9.09. The van der Waals surface area contributed by atoms with Crippen LogP contribution in [-0.4, -0.2) is 24.2 Å². The molecule has 0 aliphatic carbocycles. The Morgan fingerprint density at radius 3 is 2.48 bits per heavy atom. The van der Waals surface area contributed by atoms with Crippen LogP contribution >= 0.6 is 32.9 Å². The predicted molar refractivity (Wildman–Crippen MR) is 94.5 cm³/mol. The standard InChI is InChI=1S/C15H16BrNO3.BrH/c1-3-17(4-2)11-6-5-10-7-12(13(18)9-16)15(19)20-14(10)8-11;/h5-8H,3-4,9H2,1-2H3;1H. The van der Waals surface area contributed by atoms with E-state index < -0.39 is 5.63 Å². The topological polar surface area (TPSA) is 50.5 Å². The zero-order valence-electron chi connectivity index (χ0n) is 11.9. The molecule has 0 saturated heterocycles. The normalized spacial score (nSPS) is 10.2. The number of carbonyl (C=O) groups is 1. The minimum Gasteiger partial charge on any atom is -0.422 e. The molecule has 114 valence electrons. The van der Waals surface area contributed by atoms with Crippen LogP contribution in [0.2, 0.25) is 0 Å². The molecule has 1 aromatic carbocycles. The zero-order chi connectivity index (χ0) is 14.7. The van der Waals surface area contributed by atoms with E-state index in [1.807, 2.05) is 18.2 Å². The van der Waals surface area contributed by atoms with E-state index in [4.69, 9.17) is 4.42 Å². The molecule has 0 fully saturated rings. The summed E-state index contributed by atoms with van der Waals surface area (Å²) in [5.41, 5.74) is 1.01. The van der Waals surface area contributed by atoms with Gasteiger partial charge in [-0.2, -0.15) is 0 Å². The molecule has 0 radical (unpaired) electrons. The molecule has 21 heavy (non-hydrogen) atoms. The minimum absolute atomic E-state index is 0. The maximum Gasteiger partial charge on any atom is 0.347 e. The van der Waals surface area contributed by atoms with E-state index in [1.54, 1.807) is 6.07 Å². The number of rotatable bonds is 5. The Bertz CT molecular complexity index is 693. The third-order valence-electron chi connectivity index (χ3n) is 3.27. The molecule has 0 aliphatic rings. The van der Waals surface area contributed by atoms with Crippen LogP contribution in [0.1, 0.15) is 24.2 Å². The van der Waals surface area contributed by atoms with E-state index in [2.05, 4.69) is 34.7 Å². The SMILES string of the molecule is Br.CCN(CC)c1ccc2cc(C(=O)CBr)c(=O)oc2c1. The second kappa shape index (κ2) is 7.75. The second-order valence-electron chi connectivity index (χ2n) is 4.40. The molecule has 0 N–H and O–H groups in total. The van der Waals surface area contributed by atoms with Gasteiger partial charge in [-0.25, -0.2) is 4.79 Å². The number of fused-ring (bicyclic) bond motifs is 1. The highest BCUT2D eigenvalue weighted by Gasteiger charge is 2.13. The average molecular weight is 419 g/mol. The van der Waals surface area contributed by atoms with Crippen LogP contribution in [0.3, 0.4) is 0 Å². The fraction of sp³-hybridized carbons (Fsp3) is 0.333. The molecule has 0 spiro atoms. The van der Waals surface area contributed by atoms with E-state index in [9.17, 15) is 9.59 Å². The summed E-state index contributed by atoms with van der Waals surface area (Å²) in [6.45, 7) is 5.90. The third-order valence-corrected chi connectivity index (χ3v) is 3.78. The summed E-state index contributed by atoms with van der Waals surface area (Å²) < 4.78 is 5.27. The number of Topliss-reactive ketones (excluding diaryl/α,β-unsaturated/α-hetero) is 1. The average Bonchev–Trinajstić information content (AvgIpc) is 2.47. The van der Waals surface area contributed by atoms with Crippen LogP contribution in [0.4, 0.5) is 5.69 Å². The lowest BCUT2D eigenvalue weighted by Crippen LogP contribution is -2.21. The van der Waals surface area contributed by atoms with Gasteiger partial charge in [-0.1, -0.05) is 15.9 Å². The molecule has 0 saturated carbocycles. The molecule has 0 amide bonds. The van der Waals surface area contributed by atoms with Crippen molar-refractivity contribution < 1.29 is 9.21 Å². The van der Waals surface area contributed by atoms with Crippen molar-refractivity contribution in [3.05, 3.63) is 40.2 Å². The largest absolute Gasteiger partial charge is 0.422 e. The molecule has 0 unspecified atom stereocenters. The van der Waals surface area contributed by atoms with Crippen molar-refractivity contribution in [2.75, 3.05) is 23.3 Å². The Balaban J connectivity index is 0.00000220. The summed E-state index contributed by atoms with van der Waals surface area (Å²) >= 11 is 3.06. The van der Waals surface area contributed by atoms with E-state index in [-0.39, 0.29) is 33.7 Å². The van der Waals surface area contributed by atoms with Crippen LogP contribution in [0.25, 0.3) is 11.0 Å². The summed E-state index contributed by atoms with van der Waals surface area (Å²) in [5.74, 6) is -0.270. The highest BCUT2D eigenvalue weighted by Crippen LogP contribution is 2.22. The number of hydrogen-bond donors (Lipinski definition) is 0. The van der Waals surface area contributed by atoms with Crippen LogP contribution in [0, 0.1) is 0 Å². The predicted octanol–water partition coefficient (Wildman–Crippen LogP) is 3.79. The summed E-state index contributed by atoms with van der Waals surface area (Å²) in [7, 11) is 0. The van der Waals surface area contributed by atoms with Gasteiger partial charge in [-0.15, -0.1) is 17.0 Å². The second-order valence-corrected chi connectivity index (χ2v) is 4.96. The molecule has 6 heteroatoms. The lowest BCUT2D eigenvalue weighted by Gasteiger charge is -2.20. The Hall–Kier alpha value is -1.14. The molecule has 1 aromatic heterocycles. The van der Waals surface area contributed by atoms with Crippen molar-refractivity contribution in [2.45, 2.75) is 13.8 Å². The van der Waals surface area contributed by atoms with E-state index >= 15 is 0 Å². The van der Waals surface area contributed by atoms with Gasteiger partial charge in [0.2, 0.25) is 0 Å². The van der Waals surface area contributed by atoms with Gasteiger partial charge in [0, 0.05) is 30.2 Å². The van der Waals surface area contributed by atoms with Gasteiger partial charge in [-0.05, 0) is 32.0 Å². The lowest BCUT2D eigenvalue weighted by molar-refractivity contribution is 0.102. The van der Waals surface area contributed by atoms with Gasteiger partial charge in [0.05, 0.1) is 5.33 Å². The molecule has 0 bridgehead atoms. The first-order valence-corrected chi connectivity index (χ1v) is 7.64. The van der Waals surface area contributed by atoms with Crippen LogP contribution < -0.4 is 10.5 Å².